The highest BCUT2D eigenvalue weighted by Crippen LogP contribution is 2.23. The molecule has 0 amide bonds. The van der Waals surface area contributed by atoms with Crippen LogP contribution in [0.5, 0.6) is 11.8 Å². The average Bonchev–Trinajstić information content (AvgIpc) is 2.81. The zero-order chi connectivity index (χ0) is 13.8. The molecule has 0 radical (unpaired) electrons. The number of benzene rings is 1. The second-order valence-corrected chi connectivity index (χ2v) is 4.82. The van der Waals surface area contributed by atoms with E-state index in [1.807, 2.05) is 16.7 Å². The van der Waals surface area contributed by atoms with Crippen molar-refractivity contribution in [3.8, 4) is 11.8 Å². The van der Waals surface area contributed by atoms with E-state index in [1.165, 1.54) is 5.56 Å². The smallest absolute Gasteiger partial charge is 0.322 e. The quantitative estimate of drug-likeness (QED) is 0.820. The summed E-state index contributed by atoms with van der Waals surface area (Å²) in [5, 5.41) is 8.24. The number of rotatable bonds is 5. The first kappa shape index (κ1) is 13.6. The van der Waals surface area contributed by atoms with Crippen molar-refractivity contribution in [1.29, 1.82) is 0 Å². The Morgan fingerprint density at radius 3 is 2.32 bits per heavy atom. The van der Waals surface area contributed by atoms with Gasteiger partial charge in [0.05, 0.1) is 0 Å². The summed E-state index contributed by atoms with van der Waals surface area (Å²) in [7, 11) is 0. The fraction of sp³-hybridized carbons (Fsp3) is 0.467. The molecular formula is C15H21N3O. The van der Waals surface area contributed by atoms with Gasteiger partial charge >= 0.3 is 6.01 Å². The van der Waals surface area contributed by atoms with Crippen LogP contribution in [0.3, 0.4) is 0 Å². The highest BCUT2D eigenvalue weighted by Gasteiger charge is 2.11. The first-order valence-electron chi connectivity index (χ1n) is 6.85. The minimum absolute atomic E-state index is 0.528. The number of nitrogens with zero attached hydrogens (tertiary/aromatic N) is 3. The van der Waals surface area contributed by atoms with Crippen LogP contribution in [0.15, 0.2) is 24.3 Å². The maximum atomic E-state index is 5.81. The second kappa shape index (κ2) is 5.87. The molecule has 0 unspecified atom stereocenters. The van der Waals surface area contributed by atoms with Crippen LogP contribution in [-0.4, -0.2) is 14.8 Å². The van der Waals surface area contributed by atoms with Crippen molar-refractivity contribution in [2.75, 3.05) is 0 Å². The molecule has 0 saturated carbocycles. The predicted octanol–water partition coefficient (Wildman–Crippen LogP) is 3.78. The molecule has 0 bridgehead atoms. The molecule has 0 atom stereocenters. The Bertz CT molecular complexity index is 529. The third-order valence-corrected chi connectivity index (χ3v) is 3.18. The van der Waals surface area contributed by atoms with Gasteiger partial charge in [-0.1, -0.05) is 38.0 Å². The Hall–Kier alpha value is -1.84. The molecule has 102 valence electrons. The molecule has 19 heavy (non-hydrogen) atoms. The monoisotopic (exact) mass is 259 g/mol. The largest absolute Gasteiger partial charge is 0.424 e. The molecule has 0 saturated heterocycles. The van der Waals surface area contributed by atoms with Gasteiger partial charge in [0, 0.05) is 13.0 Å². The lowest BCUT2D eigenvalue weighted by molar-refractivity contribution is 0.411. The molecule has 0 N–H and O–H groups in total. The Morgan fingerprint density at radius 2 is 1.79 bits per heavy atom. The van der Waals surface area contributed by atoms with E-state index in [0.717, 1.165) is 24.5 Å². The highest BCUT2D eigenvalue weighted by atomic mass is 16.5. The highest BCUT2D eigenvalue weighted by molar-refractivity contribution is 5.30. The van der Waals surface area contributed by atoms with Gasteiger partial charge in [0.15, 0.2) is 0 Å². The van der Waals surface area contributed by atoms with Crippen molar-refractivity contribution < 1.29 is 4.74 Å². The molecule has 0 fully saturated rings. The van der Waals surface area contributed by atoms with Gasteiger partial charge < -0.3 is 4.74 Å². The fourth-order valence-electron chi connectivity index (χ4n) is 2.00. The van der Waals surface area contributed by atoms with Gasteiger partial charge in [0.1, 0.15) is 11.6 Å². The molecule has 4 nitrogen and oxygen atoms in total. The van der Waals surface area contributed by atoms with Gasteiger partial charge in [-0.05, 0) is 30.5 Å². The first-order valence-corrected chi connectivity index (χ1v) is 6.85. The molecule has 1 aromatic carbocycles. The molecule has 2 rings (SSSR count). The van der Waals surface area contributed by atoms with Gasteiger partial charge in [-0.2, -0.15) is 0 Å². The molecule has 0 aliphatic carbocycles. The molecule has 0 aliphatic rings. The molecule has 1 heterocycles. The van der Waals surface area contributed by atoms with Crippen LogP contribution in [0.4, 0.5) is 0 Å². The molecule has 1 aromatic heterocycles. The van der Waals surface area contributed by atoms with E-state index in [9.17, 15) is 0 Å². The van der Waals surface area contributed by atoms with Crippen molar-refractivity contribution in [2.24, 2.45) is 0 Å². The van der Waals surface area contributed by atoms with Gasteiger partial charge in [0.2, 0.25) is 0 Å². The summed E-state index contributed by atoms with van der Waals surface area (Å²) in [6.07, 6.45) is 0.858. The fourth-order valence-corrected chi connectivity index (χ4v) is 2.00. The van der Waals surface area contributed by atoms with Crippen LogP contribution in [-0.2, 0) is 13.0 Å². The SMILES string of the molecule is CCc1nnc(Oc2ccc(C(C)C)cc2)n1CC. The van der Waals surface area contributed by atoms with Gasteiger partial charge in [0.25, 0.3) is 0 Å². The van der Waals surface area contributed by atoms with E-state index in [0.29, 0.717) is 11.9 Å². The summed E-state index contributed by atoms with van der Waals surface area (Å²) in [6.45, 7) is 9.30. The first-order chi connectivity index (χ1) is 9.15. The van der Waals surface area contributed by atoms with E-state index in [1.54, 1.807) is 0 Å². The number of aryl methyl sites for hydroxylation is 1. The van der Waals surface area contributed by atoms with Crippen LogP contribution < -0.4 is 4.74 Å². The third kappa shape index (κ3) is 2.95. The Balaban J connectivity index is 2.19. The summed E-state index contributed by atoms with van der Waals surface area (Å²) in [5.74, 6) is 2.28. The molecular weight excluding hydrogens is 238 g/mol. The lowest BCUT2D eigenvalue weighted by Gasteiger charge is -2.09. The maximum Gasteiger partial charge on any atom is 0.322 e. The summed E-state index contributed by atoms with van der Waals surface area (Å²) in [6, 6.07) is 8.71. The summed E-state index contributed by atoms with van der Waals surface area (Å²) in [4.78, 5) is 0. The van der Waals surface area contributed by atoms with Crippen molar-refractivity contribution in [3.63, 3.8) is 0 Å². The van der Waals surface area contributed by atoms with Crippen molar-refractivity contribution >= 4 is 0 Å². The molecule has 2 aromatic rings. The molecule has 0 spiro atoms. The number of ether oxygens (including phenoxy) is 1. The lowest BCUT2D eigenvalue weighted by atomic mass is 10.0. The number of hydrogen-bond donors (Lipinski definition) is 0. The minimum atomic E-state index is 0.528. The van der Waals surface area contributed by atoms with Crippen molar-refractivity contribution in [3.05, 3.63) is 35.7 Å². The zero-order valence-electron chi connectivity index (χ0n) is 12.1. The average molecular weight is 259 g/mol. The summed E-state index contributed by atoms with van der Waals surface area (Å²) in [5.41, 5.74) is 1.30. The van der Waals surface area contributed by atoms with Crippen LogP contribution in [0.25, 0.3) is 0 Å². The lowest BCUT2D eigenvalue weighted by Crippen LogP contribution is -2.02. The van der Waals surface area contributed by atoms with Crippen LogP contribution in [0.1, 0.15) is 45.0 Å². The van der Waals surface area contributed by atoms with E-state index in [4.69, 9.17) is 4.74 Å². The van der Waals surface area contributed by atoms with Gasteiger partial charge in [-0.15, -0.1) is 5.10 Å². The van der Waals surface area contributed by atoms with Crippen LogP contribution in [0, 0.1) is 0 Å². The molecule has 4 heteroatoms. The van der Waals surface area contributed by atoms with Crippen molar-refractivity contribution in [1.82, 2.24) is 14.8 Å². The minimum Gasteiger partial charge on any atom is -0.424 e. The van der Waals surface area contributed by atoms with Gasteiger partial charge in [-0.25, -0.2) is 0 Å². The summed E-state index contributed by atoms with van der Waals surface area (Å²) >= 11 is 0. The second-order valence-electron chi connectivity index (χ2n) is 4.82. The van der Waals surface area contributed by atoms with E-state index in [2.05, 4.69) is 50.0 Å². The molecule has 0 aliphatic heterocycles. The van der Waals surface area contributed by atoms with E-state index in [-0.39, 0.29) is 0 Å². The summed E-state index contributed by atoms with van der Waals surface area (Å²) < 4.78 is 7.80. The van der Waals surface area contributed by atoms with Gasteiger partial charge in [-0.3, -0.25) is 4.57 Å². The van der Waals surface area contributed by atoms with E-state index < -0.39 is 0 Å². The third-order valence-electron chi connectivity index (χ3n) is 3.18. The van der Waals surface area contributed by atoms with E-state index >= 15 is 0 Å². The van der Waals surface area contributed by atoms with Crippen LogP contribution in [0.2, 0.25) is 0 Å². The Kier molecular flexibility index (Phi) is 4.20. The van der Waals surface area contributed by atoms with Crippen LogP contribution >= 0.6 is 0 Å². The van der Waals surface area contributed by atoms with Crippen molar-refractivity contribution in [2.45, 2.75) is 46.6 Å². The number of hydrogen-bond acceptors (Lipinski definition) is 3. The zero-order valence-corrected chi connectivity index (χ0v) is 12.1. The Labute approximate surface area is 114 Å². The standard InChI is InChI=1S/C15H21N3O/c1-5-14-16-17-15(18(14)6-2)19-13-9-7-12(8-10-13)11(3)4/h7-11H,5-6H2,1-4H3. The topological polar surface area (TPSA) is 39.9 Å². The normalized spacial score (nSPS) is 11.0. The Morgan fingerprint density at radius 1 is 1.11 bits per heavy atom. The number of aromatic nitrogens is 3. The predicted molar refractivity (Wildman–Crippen MR) is 75.7 cm³/mol. The maximum absolute atomic E-state index is 5.81.